The van der Waals surface area contributed by atoms with Crippen molar-refractivity contribution in [2.75, 3.05) is 14.2 Å². The van der Waals surface area contributed by atoms with Gasteiger partial charge in [-0.1, -0.05) is 0 Å². The molecule has 1 amide bonds. The first-order valence-corrected chi connectivity index (χ1v) is 9.56. The lowest BCUT2D eigenvalue weighted by molar-refractivity contribution is 0.0997. The van der Waals surface area contributed by atoms with Crippen LogP contribution in [0.2, 0.25) is 0 Å². The number of methoxy groups -OCH3 is 2. The van der Waals surface area contributed by atoms with Gasteiger partial charge in [0.1, 0.15) is 17.3 Å². The highest BCUT2D eigenvalue weighted by molar-refractivity contribution is 7.09. The molecule has 0 fully saturated rings. The number of carbonyl (C=O) groups is 1. The van der Waals surface area contributed by atoms with Crippen LogP contribution >= 0.6 is 11.3 Å². The van der Waals surface area contributed by atoms with Crippen molar-refractivity contribution >= 4 is 17.2 Å². The van der Waals surface area contributed by atoms with E-state index in [4.69, 9.17) is 9.47 Å². The molecule has 3 rings (SSSR count). The molecule has 5 nitrogen and oxygen atoms in total. The number of halogens is 1. The van der Waals surface area contributed by atoms with E-state index in [0.29, 0.717) is 28.4 Å². The van der Waals surface area contributed by atoms with Gasteiger partial charge in [0, 0.05) is 23.1 Å². The van der Waals surface area contributed by atoms with Crippen LogP contribution in [0.4, 0.5) is 4.39 Å². The summed E-state index contributed by atoms with van der Waals surface area (Å²) in [4.78, 5) is 18.7. The Morgan fingerprint density at radius 2 is 1.71 bits per heavy atom. The first-order chi connectivity index (χ1) is 13.5. The molecule has 0 aliphatic rings. The number of benzene rings is 2. The Labute approximate surface area is 166 Å². The first-order valence-electron chi connectivity index (χ1n) is 8.75. The summed E-state index contributed by atoms with van der Waals surface area (Å²) in [5, 5.41) is 0. The van der Waals surface area contributed by atoms with Gasteiger partial charge in [0.25, 0.3) is 5.91 Å². The molecule has 0 atom stereocenters. The quantitative estimate of drug-likeness (QED) is 0.636. The third kappa shape index (κ3) is 3.99. The minimum Gasteiger partial charge on any atom is -0.497 e. The SMILES string of the molecule is CCn1c(-c2ccc(F)cc2)c(C)sc1=NC(=O)c1cc(OC)cc(OC)c1. The van der Waals surface area contributed by atoms with E-state index in [2.05, 4.69) is 4.99 Å². The molecule has 3 aromatic rings. The van der Waals surface area contributed by atoms with Crippen molar-refractivity contribution in [2.45, 2.75) is 20.4 Å². The molecular weight excluding hydrogens is 379 g/mol. The molecule has 2 aromatic carbocycles. The molecule has 0 saturated carbocycles. The number of carbonyl (C=O) groups excluding carboxylic acids is 1. The highest BCUT2D eigenvalue weighted by Gasteiger charge is 2.14. The van der Waals surface area contributed by atoms with Gasteiger partial charge in [0.05, 0.1) is 19.9 Å². The van der Waals surface area contributed by atoms with E-state index < -0.39 is 0 Å². The fourth-order valence-corrected chi connectivity index (χ4v) is 4.01. The summed E-state index contributed by atoms with van der Waals surface area (Å²) in [7, 11) is 3.06. The van der Waals surface area contributed by atoms with Crippen LogP contribution in [0.5, 0.6) is 11.5 Å². The maximum absolute atomic E-state index is 13.3. The van der Waals surface area contributed by atoms with Crippen molar-refractivity contribution in [1.29, 1.82) is 0 Å². The van der Waals surface area contributed by atoms with Crippen LogP contribution in [0.15, 0.2) is 47.5 Å². The Balaban J connectivity index is 2.09. The van der Waals surface area contributed by atoms with Crippen LogP contribution in [0, 0.1) is 12.7 Å². The number of rotatable bonds is 5. The largest absolute Gasteiger partial charge is 0.497 e. The molecule has 0 spiro atoms. The van der Waals surface area contributed by atoms with Gasteiger partial charge in [-0.25, -0.2) is 4.39 Å². The third-order valence-corrected chi connectivity index (χ3v) is 5.30. The summed E-state index contributed by atoms with van der Waals surface area (Å²) >= 11 is 1.43. The minimum absolute atomic E-state index is 0.285. The van der Waals surface area contributed by atoms with Gasteiger partial charge >= 0.3 is 0 Å². The second kappa shape index (κ2) is 8.39. The smallest absolute Gasteiger partial charge is 0.279 e. The molecule has 0 aliphatic heterocycles. The van der Waals surface area contributed by atoms with E-state index in [1.54, 1.807) is 30.3 Å². The number of amides is 1. The molecule has 28 heavy (non-hydrogen) atoms. The van der Waals surface area contributed by atoms with Gasteiger partial charge in [-0.15, -0.1) is 11.3 Å². The first kappa shape index (κ1) is 19.8. The Morgan fingerprint density at radius 1 is 1.11 bits per heavy atom. The van der Waals surface area contributed by atoms with Crippen molar-refractivity contribution in [3.05, 3.63) is 63.5 Å². The monoisotopic (exact) mass is 400 g/mol. The number of nitrogens with zero attached hydrogens (tertiary/aromatic N) is 2. The molecule has 146 valence electrons. The van der Waals surface area contributed by atoms with Crippen LogP contribution in [-0.2, 0) is 6.54 Å². The number of aryl methyl sites for hydroxylation is 1. The molecular formula is C21H21FN2O3S. The van der Waals surface area contributed by atoms with Gasteiger partial charge in [-0.05, 0) is 55.8 Å². The van der Waals surface area contributed by atoms with E-state index in [1.807, 2.05) is 18.4 Å². The standard InChI is InChI=1S/C21H21FN2O3S/c1-5-24-19(14-6-8-16(22)9-7-14)13(2)28-21(24)23-20(25)15-10-17(26-3)12-18(11-15)27-4/h6-12H,5H2,1-4H3. The third-order valence-electron chi connectivity index (χ3n) is 4.31. The zero-order chi connectivity index (χ0) is 20.3. The van der Waals surface area contributed by atoms with E-state index >= 15 is 0 Å². The average Bonchev–Trinajstić information content (AvgIpc) is 3.02. The van der Waals surface area contributed by atoms with Crippen molar-refractivity contribution in [3.8, 4) is 22.8 Å². The fraction of sp³-hybridized carbons (Fsp3) is 0.238. The summed E-state index contributed by atoms with van der Waals surface area (Å²) in [6.07, 6.45) is 0. The Hall–Kier alpha value is -2.93. The van der Waals surface area contributed by atoms with Crippen LogP contribution in [-0.4, -0.2) is 24.7 Å². The van der Waals surface area contributed by atoms with Crippen molar-refractivity contribution in [3.63, 3.8) is 0 Å². The van der Waals surface area contributed by atoms with Crippen molar-refractivity contribution in [2.24, 2.45) is 4.99 Å². The lowest BCUT2D eigenvalue weighted by atomic mass is 10.1. The minimum atomic E-state index is -0.383. The summed E-state index contributed by atoms with van der Waals surface area (Å²) in [5.41, 5.74) is 2.20. The number of thiazole rings is 1. The van der Waals surface area contributed by atoms with Gasteiger partial charge in [-0.2, -0.15) is 4.99 Å². The number of ether oxygens (including phenoxy) is 2. The molecule has 0 radical (unpaired) electrons. The van der Waals surface area contributed by atoms with Gasteiger partial charge < -0.3 is 14.0 Å². The number of hydrogen-bond donors (Lipinski definition) is 0. The van der Waals surface area contributed by atoms with Gasteiger partial charge in [0.15, 0.2) is 4.80 Å². The summed E-state index contributed by atoms with van der Waals surface area (Å²) < 4.78 is 25.7. The Bertz CT molecular complexity index is 1050. The maximum Gasteiger partial charge on any atom is 0.279 e. The van der Waals surface area contributed by atoms with Crippen LogP contribution in [0.1, 0.15) is 22.2 Å². The Kier molecular flexibility index (Phi) is 5.94. The molecule has 7 heteroatoms. The van der Waals surface area contributed by atoms with E-state index in [0.717, 1.165) is 16.1 Å². The van der Waals surface area contributed by atoms with Crippen LogP contribution < -0.4 is 14.3 Å². The van der Waals surface area contributed by atoms with Crippen LogP contribution in [0.3, 0.4) is 0 Å². The highest BCUT2D eigenvalue weighted by Crippen LogP contribution is 2.26. The molecule has 1 heterocycles. The molecule has 0 N–H and O–H groups in total. The van der Waals surface area contributed by atoms with Gasteiger partial charge in [-0.3, -0.25) is 4.79 Å². The maximum atomic E-state index is 13.3. The molecule has 1 aromatic heterocycles. The number of hydrogen-bond acceptors (Lipinski definition) is 4. The summed E-state index contributed by atoms with van der Waals surface area (Å²) in [5.74, 6) is 0.379. The zero-order valence-corrected chi connectivity index (χ0v) is 17.0. The summed E-state index contributed by atoms with van der Waals surface area (Å²) in [6, 6.07) is 11.3. The second-order valence-corrected chi connectivity index (χ2v) is 7.24. The lowest BCUT2D eigenvalue weighted by Gasteiger charge is -2.08. The van der Waals surface area contributed by atoms with Crippen molar-refractivity contribution < 1.29 is 18.7 Å². The van der Waals surface area contributed by atoms with E-state index in [1.165, 1.54) is 37.7 Å². The lowest BCUT2D eigenvalue weighted by Crippen LogP contribution is -2.17. The molecule has 0 aliphatic carbocycles. The average molecular weight is 400 g/mol. The predicted octanol–water partition coefficient (Wildman–Crippen LogP) is 4.44. The van der Waals surface area contributed by atoms with E-state index in [-0.39, 0.29) is 11.7 Å². The molecule has 0 bridgehead atoms. The number of aromatic nitrogens is 1. The topological polar surface area (TPSA) is 52.8 Å². The second-order valence-electron chi connectivity index (χ2n) is 6.06. The fourth-order valence-electron chi connectivity index (χ4n) is 2.95. The highest BCUT2D eigenvalue weighted by atomic mass is 32.1. The molecule has 0 saturated heterocycles. The Morgan fingerprint density at radius 3 is 2.25 bits per heavy atom. The molecule has 0 unspecified atom stereocenters. The summed E-state index contributed by atoms with van der Waals surface area (Å²) in [6.45, 7) is 4.58. The normalized spacial score (nSPS) is 11.5. The van der Waals surface area contributed by atoms with Gasteiger partial charge in [0.2, 0.25) is 0 Å². The van der Waals surface area contributed by atoms with Crippen LogP contribution in [0.25, 0.3) is 11.3 Å². The zero-order valence-electron chi connectivity index (χ0n) is 16.2. The predicted molar refractivity (Wildman–Crippen MR) is 108 cm³/mol. The van der Waals surface area contributed by atoms with Crippen molar-refractivity contribution in [1.82, 2.24) is 4.57 Å². The van der Waals surface area contributed by atoms with E-state index in [9.17, 15) is 9.18 Å².